The average Bonchev–Trinajstić information content (AvgIpc) is 2.50. The van der Waals surface area contributed by atoms with Gasteiger partial charge in [-0.3, -0.25) is 4.99 Å². The number of nitrogens with one attached hydrogen (secondary N) is 2. The predicted octanol–water partition coefficient (Wildman–Crippen LogP) is 2.35. The summed E-state index contributed by atoms with van der Waals surface area (Å²) in [6.45, 7) is 1.53. The number of benzene rings is 1. The van der Waals surface area contributed by atoms with Gasteiger partial charge < -0.3 is 20.1 Å². The highest BCUT2D eigenvalue weighted by atomic mass is 127. The average molecular weight is 425 g/mol. The van der Waals surface area contributed by atoms with E-state index in [0.29, 0.717) is 6.54 Å². The fourth-order valence-corrected chi connectivity index (χ4v) is 1.98. The molecular formula is C14H24IN3O2S. The van der Waals surface area contributed by atoms with Crippen LogP contribution in [0.3, 0.4) is 0 Å². The maximum Gasteiger partial charge on any atom is 0.191 e. The van der Waals surface area contributed by atoms with E-state index in [2.05, 4.69) is 21.9 Å². The summed E-state index contributed by atoms with van der Waals surface area (Å²) in [4.78, 5) is 4.18. The van der Waals surface area contributed by atoms with Gasteiger partial charge in [0.25, 0.3) is 0 Å². The summed E-state index contributed by atoms with van der Waals surface area (Å²) in [6, 6.07) is 5.78. The van der Waals surface area contributed by atoms with Crippen molar-refractivity contribution in [3.8, 4) is 11.5 Å². The first kappa shape index (κ1) is 20.2. The second-order valence-electron chi connectivity index (χ2n) is 4.02. The molecule has 0 aromatic heterocycles. The summed E-state index contributed by atoms with van der Waals surface area (Å²) in [5.74, 6) is 3.42. The Hall–Kier alpha value is -0.830. The van der Waals surface area contributed by atoms with E-state index in [1.54, 1.807) is 33.0 Å². The number of nitrogens with zero attached hydrogens (tertiary/aromatic N) is 1. The zero-order chi connectivity index (χ0) is 14.8. The largest absolute Gasteiger partial charge is 0.497 e. The SMILES string of the molecule is CN=C(NCCSC)NCc1ccc(OC)cc1OC.I. The molecule has 0 aliphatic rings. The van der Waals surface area contributed by atoms with Crippen LogP contribution < -0.4 is 20.1 Å². The first-order valence-corrected chi connectivity index (χ1v) is 7.79. The number of halogens is 1. The minimum Gasteiger partial charge on any atom is -0.497 e. The smallest absolute Gasteiger partial charge is 0.191 e. The quantitative estimate of drug-likeness (QED) is 0.304. The molecule has 21 heavy (non-hydrogen) atoms. The summed E-state index contributed by atoms with van der Waals surface area (Å²) in [6.07, 6.45) is 2.08. The minimum absolute atomic E-state index is 0. The molecule has 5 nitrogen and oxygen atoms in total. The third-order valence-corrected chi connectivity index (χ3v) is 3.38. The Morgan fingerprint density at radius 1 is 1.24 bits per heavy atom. The number of hydrogen-bond acceptors (Lipinski definition) is 4. The van der Waals surface area contributed by atoms with E-state index in [-0.39, 0.29) is 24.0 Å². The topological polar surface area (TPSA) is 54.9 Å². The Morgan fingerprint density at radius 2 is 2.00 bits per heavy atom. The Labute approximate surface area is 148 Å². The lowest BCUT2D eigenvalue weighted by Crippen LogP contribution is -2.38. The van der Waals surface area contributed by atoms with E-state index in [1.807, 2.05) is 18.2 Å². The number of hydrogen-bond donors (Lipinski definition) is 2. The second-order valence-corrected chi connectivity index (χ2v) is 5.01. The van der Waals surface area contributed by atoms with Crippen molar-refractivity contribution in [3.05, 3.63) is 23.8 Å². The van der Waals surface area contributed by atoms with Crippen LogP contribution in [-0.2, 0) is 6.54 Å². The Balaban J connectivity index is 0.00000400. The molecule has 0 radical (unpaired) electrons. The molecule has 2 N–H and O–H groups in total. The van der Waals surface area contributed by atoms with Gasteiger partial charge >= 0.3 is 0 Å². The van der Waals surface area contributed by atoms with Crippen LogP contribution in [0.5, 0.6) is 11.5 Å². The highest BCUT2D eigenvalue weighted by molar-refractivity contribution is 14.0. The molecule has 1 aromatic carbocycles. The number of thioether (sulfide) groups is 1. The number of aliphatic imine (C=N–C) groups is 1. The number of rotatable bonds is 7. The summed E-state index contributed by atoms with van der Waals surface area (Å²) in [5, 5.41) is 6.52. The third kappa shape index (κ3) is 7.12. The van der Waals surface area contributed by atoms with Gasteiger partial charge in [0.15, 0.2) is 5.96 Å². The highest BCUT2D eigenvalue weighted by Crippen LogP contribution is 2.24. The molecule has 0 heterocycles. The van der Waals surface area contributed by atoms with Crippen LogP contribution in [0.4, 0.5) is 0 Å². The van der Waals surface area contributed by atoms with Crippen molar-refractivity contribution < 1.29 is 9.47 Å². The minimum atomic E-state index is 0. The lowest BCUT2D eigenvalue weighted by atomic mass is 10.2. The van der Waals surface area contributed by atoms with Gasteiger partial charge in [-0.05, 0) is 18.4 Å². The fourth-order valence-electron chi connectivity index (χ4n) is 1.67. The van der Waals surface area contributed by atoms with Gasteiger partial charge in [-0.1, -0.05) is 0 Å². The van der Waals surface area contributed by atoms with Gasteiger partial charge in [0.1, 0.15) is 11.5 Å². The summed E-state index contributed by atoms with van der Waals surface area (Å²) >= 11 is 1.80. The molecule has 7 heteroatoms. The van der Waals surface area contributed by atoms with Crippen LogP contribution in [-0.4, -0.2) is 45.8 Å². The monoisotopic (exact) mass is 425 g/mol. The van der Waals surface area contributed by atoms with E-state index in [4.69, 9.17) is 9.47 Å². The van der Waals surface area contributed by atoms with Crippen LogP contribution in [0, 0.1) is 0 Å². The van der Waals surface area contributed by atoms with E-state index in [9.17, 15) is 0 Å². The summed E-state index contributed by atoms with van der Waals surface area (Å²) in [7, 11) is 5.06. The fraction of sp³-hybridized carbons (Fsp3) is 0.500. The molecule has 0 saturated carbocycles. The Morgan fingerprint density at radius 3 is 2.57 bits per heavy atom. The zero-order valence-corrected chi connectivity index (χ0v) is 16.1. The van der Waals surface area contributed by atoms with Crippen LogP contribution >= 0.6 is 35.7 Å². The van der Waals surface area contributed by atoms with Gasteiger partial charge in [0.05, 0.1) is 14.2 Å². The summed E-state index contributed by atoms with van der Waals surface area (Å²) < 4.78 is 10.6. The number of ether oxygens (including phenoxy) is 2. The normalized spacial score (nSPS) is 10.6. The molecule has 0 aliphatic heterocycles. The Bertz CT molecular complexity index is 444. The maximum absolute atomic E-state index is 5.37. The molecule has 0 amide bonds. The first-order chi connectivity index (χ1) is 9.74. The molecule has 0 spiro atoms. The highest BCUT2D eigenvalue weighted by Gasteiger charge is 2.05. The van der Waals surface area contributed by atoms with Crippen LogP contribution in [0.15, 0.2) is 23.2 Å². The predicted molar refractivity (Wildman–Crippen MR) is 102 cm³/mol. The molecule has 0 bridgehead atoms. The second kappa shape index (κ2) is 11.8. The molecule has 0 atom stereocenters. The lowest BCUT2D eigenvalue weighted by molar-refractivity contribution is 0.390. The molecule has 1 rings (SSSR count). The van der Waals surface area contributed by atoms with Crippen molar-refractivity contribution in [2.75, 3.05) is 39.8 Å². The third-order valence-electron chi connectivity index (χ3n) is 2.76. The Kier molecular flexibility index (Phi) is 11.3. The number of guanidine groups is 1. The van der Waals surface area contributed by atoms with Crippen molar-refractivity contribution in [1.29, 1.82) is 0 Å². The van der Waals surface area contributed by atoms with Crippen LogP contribution in [0.25, 0.3) is 0 Å². The van der Waals surface area contributed by atoms with Crippen LogP contribution in [0.2, 0.25) is 0 Å². The lowest BCUT2D eigenvalue weighted by Gasteiger charge is -2.14. The van der Waals surface area contributed by atoms with Crippen LogP contribution in [0.1, 0.15) is 5.56 Å². The molecular weight excluding hydrogens is 401 g/mol. The van der Waals surface area contributed by atoms with E-state index < -0.39 is 0 Å². The standard InChI is InChI=1S/C14H23N3O2S.HI/c1-15-14(16-7-8-20-4)17-10-11-5-6-12(18-2)9-13(11)19-3;/h5-6,9H,7-8,10H2,1-4H3,(H2,15,16,17);1H. The van der Waals surface area contributed by atoms with Crippen molar-refractivity contribution in [2.24, 2.45) is 4.99 Å². The first-order valence-electron chi connectivity index (χ1n) is 6.39. The van der Waals surface area contributed by atoms with Gasteiger partial charge in [0, 0.05) is 37.5 Å². The molecule has 1 aromatic rings. The zero-order valence-electron chi connectivity index (χ0n) is 12.9. The number of methoxy groups -OCH3 is 2. The molecule has 120 valence electrons. The van der Waals surface area contributed by atoms with Gasteiger partial charge in [-0.2, -0.15) is 11.8 Å². The van der Waals surface area contributed by atoms with Gasteiger partial charge in [-0.15, -0.1) is 24.0 Å². The van der Waals surface area contributed by atoms with Crippen molar-refractivity contribution in [1.82, 2.24) is 10.6 Å². The van der Waals surface area contributed by atoms with E-state index >= 15 is 0 Å². The van der Waals surface area contributed by atoms with Crippen molar-refractivity contribution >= 4 is 41.7 Å². The van der Waals surface area contributed by atoms with Crippen molar-refractivity contribution in [2.45, 2.75) is 6.54 Å². The van der Waals surface area contributed by atoms with Gasteiger partial charge in [0.2, 0.25) is 0 Å². The van der Waals surface area contributed by atoms with Gasteiger partial charge in [-0.25, -0.2) is 0 Å². The summed E-state index contributed by atoms with van der Waals surface area (Å²) in [5.41, 5.74) is 1.06. The molecule has 0 aliphatic carbocycles. The maximum atomic E-state index is 5.37. The van der Waals surface area contributed by atoms with Crippen molar-refractivity contribution in [3.63, 3.8) is 0 Å². The molecule has 0 saturated heterocycles. The molecule has 0 unspecified atom stereocenters. The van der Waals surface area contributed by atoms with E-state index in [0.717, 1.165) is 35.3 Å². The van der Waals surface area contributed by atoms with E-state index in [1.165, 1.54) is 0 Å². The molecule has 0 fully saturated rings.